The summed E-state index contributed by atoms with van der Waals surface area (Å²) in [6.07, 6.45) is 4.69. The maximum absolute atomic E-state index is 10.7. The average Bonchev–Trinajstić information content (AvgIpc) is 2.87. The topological polar surface area (TPSA) is 38.0 Å². The number of aryl methyl sites for hydroxylation is 3. The van der Waals surface area contributed by atoms with Crippen molar-refractivity contribution in [1.82, 2.24) is 9.78 Å². The number of aliphatic hydroxyl groups excluding tert-OH is 1. The summed E-state index contributed by atoms with van der Waals surface area (Å²) in [5.74, 6) is 0.259. The first-order valence-corrected chi connectivity index (χ1v) is 7.96. The van der Waals surface area contributed by atoms with Crippen molar-refractivity contribution in [3.63, 3.8) is 0 Å². The number of rotatable bonds is 4. The third-order valence-electron chi connectivity index (χ3n) is 4.69. The van der Waals surface area contributed by atoms with Crippen LogP contribution in [-0.4, -0.2) is 21.0 Å². The van der Waals surface area contributed by atoms with Gasteiger partial charge >= 0.3 is 0 Å². The molecule has 0 saturated heterocycles. The first-order valence-electron chi connectivity index (χ1n) is 7.96. The van der Waals surface area contributed by atoms with Crippen molar-refractivity contribution >= 4 is 0 Å². The molecule has 0 bridgehead atoms. The first-order chi connectivity index (χ1) is 10.2. The molecule has 1 aromatic heterocycles. The van der Waals surface area contributed by atoms with Gasteiger partial charge in [0, 0.05) is 25.1 Å². The van der Waals surface area contributed by atoms with Gasteiger partial charge in [-0.1, -0.05) is 31.2 Å². The van der Waals surface area contributed by atoms with E-state index in [-0.39, 0.29) is 12.0 Å². The number of nitrogens with zero attached hydrogens (tertiary/aromatic N) is 2. The lowest BCUT2D eigenvalue weighted by atomic mass is 9.79. The van der Waals surface area contributed by atoms with Gasteiger partial charge in [-0.05, 0) is 42.9 Å². The van der Waals surface area contributed by atoms with Gasteiger partial charge in [0.25, 0.3) is 0 Å². The van der Waals surface area contributed by atoms with E-state index in [1.165, 1.54) is 17.5 Å². The Kier molecular flexibility index (Phi) is 4.11. The van der Waals surface area contributed by atoms with E-state index in [9.17, 15) is 5.11 Å². The van der Waals surface area contributed by atoms with Crippen molar-refractivity contribution in [3.05, 3.63) is 52.8 Å². The number of hydrogen-bond acceptors (Lipinski definition) is 2. The summed E-state index contributed by atoms with van der Waals surface area (Å²) in [5, 5.41) is 15.2. The van der Waals surface area contributed by atoms with Gasteiger partial charge in [0.05, 0.1) is 11.8 Å². The Morgan fingerprint density at radius 1 is 1.38 bits per heavy atom. The second-order valence-electron chi connectivity index (χ2n) is 6.07. The minimum absolute atomic E-state index is 0.259. The Labute approximate surface area is 126 Å². The molecule has 112 valence electrons. The Bertz CT molecular complexity index is 617. The van der Waals surface area contributed by atoms with E-state index in [2.05, 4.69) is 42.4 Å². The summed E-state index contributed by atoms with van der Waals surface area (Å²) in [5.41, 5.74) is 4.98. The van der Waals surface area contributed by atoms with E-state index in [0.717, 1.165) is 30.7 Å². The molecule has 3 rings (SSSR count). The first kappa shape index (κ1) is 14.3. The third-order valence-corrected chi connectivity index (χ3v) is 4.69. The van der Waals surface area contributed by atoms with Crippen LogP contribution in [0.2, 0.25) is 0 Å². The molecule has 1 N–H and O–H groups in total. The molecule has 0 fully saturated rings. The van der Waals surface area contributed by atoms with Gasteiger partial charge < -0.3 is 5.11 Å². The Balaban J connectivity index is 1.80. The second-order valence-corrected chi connectivity index (χ2v) is 6.07. The van der Waals surface area contributed by atoms with Crippen molar-refractivity contribution in [2.75, 3.05) is 0 Å². The summed E-state index contributed by atoms with van der Waals surface area (Å²) >= 11 is 0. The maximum Gasteiger partial charge on any atom is 0.0664 e. The molecule has 21 heavy (non-hydrogen) atoms. The minimum Gasteiger partial charge on any atom is -0.392 e. The number of aromatic nitrogens is 2. The van der Waals surface area contributed by atoms with E-state index >= 15 is 0 Å². The summed E-state index contributed by atoms with van der Waals surface area (Å²) in [7, 11) is 1.97. The van der Waals surface area contributed by atoms with E-state index in [0.29, 0.717) is 6.42 Å². The molecule has 2 atom stereocenters. The molecule has 2 aromatic rings. The summed E-state index contributed by atoms with van der Waals surface area (Å²) in [4.78, 5) is 0. The summed E-state index contributed by atoms with van der Waals surface area (Å²) in [6, 6.07) is 10.7. The maximum atomic E-state index is 10.7. The molecule has 1 aromatic carbocycles. The smallest absolute Gasteiger partial charge is 0.0664 e. The number of benzene rings is 1. The zero-order chi connectivity index (χ0) is 14.8. The molecule has 0 radical (unpaired) electrons. The number of fused-ring (bicyclic) bond motifs is 1. The fraction of sp³-hybridized carbons (Fsp3) is 0.500. The lowest BCUT2D eigenvalue weighted by Gasteiger charge is -2.29. The van der Waals surface area contributed by atoms with Crippen molar-refractivity contribution in [2.45, 2.75) is 51.0 Å². The number of aliphatic hydroxyl groups is 1. The summed E-state index contributed by atoms with van der Waals surface area (Å²) < 4.78 is 1.91. The monoisotopic (exact) mass is 284 g/mol. The molecular weight excluding hydrogens is 260 g/mol. The fourth-order valence-electron chi connectivity index (χ4n) is 3.48. The summed E-state index contributed by atoms with van der Waals surface area (Å²) in [6.45, 7) is 2.11. The zero-order valence-corrected chi connectivity index (χ0v) is 12.9. The van der Waals surface area contributed by atoms with Crippen molar-refractivity contribution < 1.29 is 5.11 Å². The zero-order valence-electron chi connectivity index (χ0n) is 12.9. The molecule has 3 heteroatoms. The minimum atomic E-state index is -0.327. The van der Waals surface area contributed by atoms with Gasteiger partial charge in [0.1, 0.15) is 0 Å². The van der Waals surface area contributed by atoms with E-state index in [1.54, 1.807) is 0 Å². The highest BCUT2D eigenvalue weighted by Gasteiger charge is 2.27. The van der Waals surface area contributed by atoms with Gasteiger partial charge in [-0.3, -0.25) is 4.68 Å². The van der Waals surface area contributed by atoms with Crippen LogP contribution in [0, 0.1) is 0 Å². The van der Waals surface area contributed by atoms with E-state index < -0.39 is 0 Å². The fourth-order valence-corrected chi connectivity index (χ4v) is 3.48. The lowest BCUT2D eigenvalue weighted by molar-refractivity contribution is 0.132. The normalized spacial score (nSPS) is 19.3. The highest BCUT2D eigenvalue weighted by atomic mass is 16.3. The third kappa shape index (κ3) is 2.88. The quantitative estimate of drug-likeness (QED) is 0.937. The molecule has 0 aliphatic heterocycles. The van der Waals surface area contributed by atoms with Crippen LogP contribution >= 0.6 is 0 Å². The van der Waals surface area contributed by atoms with Crippen LogP contribution in [0.15, 0.2) is 30.3 Å². The highest BCUT2D eigenvalue weighted by molar-refractivity contribution is 5.33. The Hall–Kier alpha value is -1.61. The van der Waals surface area contributed by atoms with Gasteiger partial charge in [-0.2, -0.15) is 5.10 Å². The molecule has 1 heterocycles. The second kappa shape index (κ2) is 6.02. The molecule has 2 unspecified atom stereocenters. The van der Waals surface area contributed by atoms with Crippen LogP contribution in [0.25, 0.3) is 0 Å². The van der Waals surface area contributed by atoms with Crippen LogP contribution in [0.1, 0.15) is 48.2 Å². The van der Waals surface area contributed by atoms with Crippen molar-refractivity contribution in [1.29, 1.82) is 0 Å². The van der Waals surface area contributed by atoms with Crippen LogP contribution in [0.3, 0.4) is 0 Å². The molecular formula is C18H24N2O. The van der Waals surface area contributed by atoms with Gasteiger partial charge in [0.15, 0.2) is 0 Å². The largest absolute Gasteiger partial charge is 0.392 e. The molecule has 3 nitrogen and oxygen atoms in total. The van der Waals surface area contributed by atoms with Crippen LogP contribution in [0.4, 0.5) is 0 Å². The van der Waals surface area contributed by atoms with Gasteiger partial charge in [-0.15, -0.1) is 0 Å². The predicted molar refractivity (Wildman–Crippen MR) is 84.4 cm³/mol. The van der Waals surface area contributed by atoms with Crippen molar-refractivity contribution in [3.8, 4) is 0 Å². The Morgan fingerprint density at radius 3 is 2.95 bits per heavy atom. The average molecular weight is 284 g/mol. The standard InChI is InChI=1S/C18H24N2O/c1-3-14-11-15(20(2)19-14)12-18(21)17-10-6-8-13-7-4-5-9-16(13)17/h4-5,7,9,11,17-18,21H,3,6,8,10,12H2,1-2H3. The molecule has 0 spiro atoms. The van der Waals surface area contributed by atoms with Gasteiger partial charge in [0.2, 0.25) is 0 Å². The Morgan fingerprint density at radius 2 is 2.19 bits per heavy atom. The molecule has 0 saturated carbocycles. The molecule has 1 aliphatic carbocycles. The van der Waals surface area contributed by atoms with Crippen LogP contribution in [-0.2, 0) is 26.3 Å². The number of hydrogen-bond donors (Lipinski definition) is 1. The van der Waals surface area contributed by atoms with Crippen molar-refractivity contribution in [2.24, 2.45) is 7.05 Å². The predicted octanol–water partition coefficient (Wildman–Crippen LogP) is 3.01. The van der Waals surface area contributed by atoms with Crippen LogP contribution in [0.5, 0.6) is 0 Å². The van der Waals surface area contributed by atoms with E-state index in [1.807, 2.05) is 11.7 Å². The molecule has 1 aliphatic rings. The highest BCUT2D eigenvalue weighted by Crippen LogP contribution is 2.34. The SMILES string of the molecule is CCc1cc(CC(O)C2CCCc3ccccc32)n(C)n1. The van der Waals surface area contributed by atoms with E-state index in [4.69, 9.17) is 0 Å². The van der Waals surface area contributed by atoms with Gasteiger partial charge in [-0.25, -0.2) is 0 Å². The lowest BCUT2D eigenvalue weighted by Crippen LogP contribution is -2.25. The molecule has 0 amide bonds. The van der Waals surface area contributed by atoms with Crippen LogP contribution < -0.4 is 0 Å².